The number of nitrogens with one attached hydrogen (secondary N) is 2. The van der Waals surface area contributed by atoms with Crippen LogP contribution in [0.1, 0.15) is 28.4 Å². The number of nitrogens with two attached hydrogens (primary N) is 1. The highest BCUT2D eigenvalue weighted by Gasteiger charge is 2.20. The lowest BCUT2D eigenvalue weighted by Crippen LogP contribution is -2.41. The number of H-pyrrole nitrogens is 1. The molecule has 4 N–H and O–H groups in total. The van der Waals surface area contributed by atoms with Crippen molar-refractivity contribution in [3.8, 4) is 0 Å². The first-order valence-electron chi connectivity index (χ1n) is 8.24. The summed E-state index contributed by atoms with van der Waals surface area (Å²) in [7, 11) is 0. The van der Waals surface area contributed by atoms with E-state index in [4.69, 9.17) is 5.73 Å². The maximum atomic E-state index is 12.5. The van der Waals surface area contributed by atoms with E-state index in [0.29, 0.717) is 18.5 Å². The molecule has 5 nitrogen and oxygen atoms in total. The zero-order chi connectivity index (χ0) is 17.8. The Balaban J connectivity index is 1.79. The first-order valence-corrected chi connectivity index (χ1v) is 8.24. The van der Waals surface area contributed by atoms with E-state index in [9.17, 15) is 9.59 Å². The van der Waals surface area contributed by atoms with Crippen LogP contribution in [0.5, 0.6) is 0 Å². The summed E-state index contributed by atoms with van der Waals surface area (Å²) in [6.07, 6.45) is 2.34. The molecule has 0 aliphatic heterocycles. The molecular weight excluding hydrogens is 314 g/mol. The van der Waals surface area contributed by atoms with E-state index in [1.165, 1.54) is 6.92 Å². The Kier molecular flexibility index (Phi) is 4.95. The molecule has 1 amide bonds. The topological polar surface area (TPSA) is 88.0 Å². The van der Waals surface area contributed by atoms with Crippen molar-refractivity contribution < 1.29 is 9.59 Å². The molecular formula is C20H21N3O2. The highest BCUT2D eigenvalue weighted by Crippen LogP contribution is 2.19. The Hall–Kier alpha value is -2.92. The molecule has 0 saturated carbocycles. The van der Waals surface area contributed by atoms with E-state index >= 15 is 0 Å². The number of fused-ring (bicyclic) bond motifs is 1. The minimum atomic E-state index is -0.576. The molecule has 3 aromatic rings. The number of aromatic amines is 1. The second-order valence-corrected chi connectivity index (χ2v) is 6.10. The second-order valence-electron chi connectivity index (χ2n) is 6.10. The Morgan fingerprint density at radius 1 is 1.16 bits per heavy atom. The van der Waals surface area contributed by atoms with Gasteiger partial charge in [0.05, 0.1) is 6.04 Å². The van der Waals surface area contributed by atoms with Gasteiger partial charge in [0, 0.05) is 35.6 Å². The lowest BCUT2D eigenvalue weighted by atomic mass is 10.0. The largest absolute Gasteiger partial charge is 0.361 e. The van der Waals surface area contributed by atoms with Crippen LogP contribution in [-0.4, -0.2) is 22.7 Å². The Labute approximate surface area is 146 Å². The minimum Gasteiger partial charge on any atom is -0.361 e. The molecule has 2 aromatic carbocycles. The van der Waals surface area contributed by atoms with Crippen LogP contribution in [0.15, 0.2) is 54.7 Å². The lowest BCUT2D eigenvalue weighted by Gasteiger charge is -2.16. The maximum absolute atomic E-state index is 12.5. The quantitative estimate of drug-likeness (QED) is 0.647. The maximum Gasteiger partial charge on any atom is 0.251 e. The third kappa shape index (κ3) is 3.78. The van der Waals surface area contributed by atoms with Gasteiger partial charge in [-0.05, 0) is 36.2 Å². The number of carbonyl (C=O) groups is 2. The first kappa shape index (κ1) is 16.9. The summed E-state index contributed by atoms with van der Waals surface area (Å²) in [5.41, 5.74) is 9.03. The van der Waals surface area contributed by atoms with Crippen LogP contribution >= 0.6 is 0 Å². The average Bonchev–Trinajstić information content (AvgIpc) is 3.04. The van der Waals surface area contributed by atoms with E-state index in [-0.39, 0.29) is 11.7 Å². The van der Waals surface area contributed by atoms with Crippen LogP contribution in [0.4, 0.5) is 0 Å². The summed E-state index contributed by atoms with van der Waals surface area (Å²) in [6, 6.07) is 14.5. The molecule has 0 spiro atoms. The van der Waals surface area contributed by atoms with Gasteiger partial charge in [0.15, 0.2) is 5.78 Å². The van der Waals surface area contributed by atoms with E-state index in [0.717, 1.165) is 22.0 Å². The van der Waals surface area contributed by atoms with Crippen LogP contribution in [0, 0.1) is 0 Å². The predicted octanol–water partition coefficient (Wildman–Crippen LogP) is 2.56. The van der Waals surface area contributed by atoms with Crippen molar-refractivity contribution in [2.24, 2.45) is 5.73 Å². The number of ketones is 1. The summed E-state index contributed by atoms with van der Waals surface area (Å²) in [5.74, 6) is -0.344. The summed E-state index contributed by atoms with van der Waals surface area (Å²) in [4.78, 5) is 27.8. The van der Waals surface area contributed by atoms with Crippen molar-refractivity contribution in [2.45, 2.75) is 25.9 Å². The number of benzene rings is 2. The first-order chi connectivity index (χ1) is 12.1. The number of rotatable bonds is 6. The van der Waals surface area contributed by atoms with Crippen LogP contribution in [0.25, 0.3) is 10.9 Å². The minimum absolute atomic E-state index is 0.0754. The van der Waals surface area contributed by atoms with Crippen molar-refractivity contribution in [1.29, 1.82) is 0 Å². The fourth-order valence-electron chi connectivity index (χ4n) is 2.90. The summed E-state index contributed by atoms with van der Waals surface area (Å²) >= 11 is 0. The molecule has 1 heterocycles. The number of aromatic nitrogens is 1. The van der Waals surface area contributed by atoms with E-state index in [1.807, 2.05) is 36.5 Å². The molecule has 0 aliphatic carbocycles. The molecule has 128 valence electrons. The summed E-state index contributed by atoms with van der Waals surface area (Å²) < 4.78 is 0. The molecule has 0 aliphatic rings. The molecule has 3 rings (SSSR count). The lowest BCUT2D eigenvalue weighted by molar-refractivity contribution is -0.118. The molecule has 1 atom stereocenters. The van der Waals surface area contributed by atoms with Crippen LogP contribution in [0.2, 0.25) is 0 Å². The third-order valence-electron chi connectivity index (χ3n) is 4.32. The standard InChI is InChI=1S/C20H21N3O2/c1-13(24)19(10-16-12-22-18-8-3-2-7-17(16)18)23-20(25)15-6-4-5-14(9-15)11-21/h2-9,12,19,22H,10-11,21H2,1H3,(H,23,25)/t19-/m1/s1. The van der Waals surface area contributed by atoms with E-state index in [1.54, 1.807) is 18.2 Å². The summed E-state index contributed by atoms with van der Waals surface area (Å²) in [5, 5.41) is 3.91. The number of hydrogen-bond acceptors (Lipinski definition) is 3. The molecule has 0 fully saturated rings. The fourth-order valence-corrected chi connectivity index (χ4v) is 2.90. The molecule has 5 heteroatoms. The summed E-state index contributed by atoms with van der Waals surface area (Å²) in [6.45, 7) is 1.86. The SMILES string of the molecule is CC(=O)[C@@H](Cc1c[nH]c2ccccc12)NC(=O)c1cccc(CN)c1. The van der Waals surface area contributed by atoms with Gasteiger partial charge in [-0.1, -0.05) is 30.3 Å². The number of para-hydroxylation sites is 1. The van der Waals surface area contributed by atoms with Crippen molar-refractivity contribution >= 4 is 22.6 Å². The van der Waals surface area contributed by atoms with Gasteiger partial charge in [0.25, 0.3) is 5.91 Å². The molecule has 25 heavy (non-hydrogen) atoms. The van der Waals surface area contributed by atoms with Crippen LogP contribution in [-0.2, 0) is 17.8 Å². The zero-order valence-corrected chi connectivity index (χ0v) is 14.1. The molecule has 1 aromatic heterocycles. The van der Waals surface area contributed by atoms with Crippen molar-refractivity contribution in [1.82, 2.24) is 10.3 Å². The fraction of sp³-hybridized carbons (Fsp3) is 0.200. The van der Waals surface area contributed by atoms with Gasteiger partial charge in [-0.2, -0.15) is 0 Å². The van der Waals surface area contributed by atoms with Crippen molar-refractivity contribution in [3.05, 3.63) is 71.4 Å². The Bertz CT molecular complexity index is 914. The van der Waals surface area contributed by atoms with E-state index < -0.39 is 6.04 Å². The second kappa shape index (κ2) is 7.32. The number of amides is 1. The van der Waals surface area contributed by atoms with Gasteiger partial charge in [-0.15, -0.1) is 0 Å². The van der Waals surface area contributed by atoms with Gasteiger partial charge in [0.2, 0.25) is 0 Å². The Morgan fingerprint density at radius 3 is 2.72 bits per heavy atom. The highest BCUT2D eigenvalue weighted by molar-refractivity contribution is 5.98. The monoisotopic (exact) mass is 335 g/mol. The normalized spacial score (nSPS) is 12.1. The number of carbonyl (C=O) groups excluding carboxylic acids is 2. The van der Waals surface area contributed by atoms with Gasteiger partial charge in [0.1, 0.15) is 0 Å². The third-order valence-corrected chi connectivity index (χ3v) is 4.32. The van der Waals surface area contributed by atoms with Crippen LogP contribution < -0.4 is 11.1 Å². The zero-order valence-electron chi connectivity index (χ0n) is 14.1. The Morgan fingerprint density at radius 2 is 1.96 bits per heavy atom. The van der Waals surface area contributed by atoms with Crippen molar-refractivity contribution in [2.75, 3.05) is 0 Å². The van der Waals surface area contributed by atoms with Gasteiger partial charge in [-0.25, -0.2) is 0 Å². The predicted molar refractivity (Wildman–Crippen MR) is 98.3 cm³/mol. The van der Waals surface area contributed by atoms with Crippen LogP contribution in [0.3, 0.4) is 0 Å². The van der Waals surface area contributed by atoms with Gasteiger partial charge < -0.3 is 16.0 Å². The molecule has 0 radical (unpaired) electrons. The number of Topliss-reactive ketones (excluding diaryl/α,β-unsaturated/α-hetero) is 1. The smallest absolute Gasteiger partial charge is 0.251 e. The molecule has 0 saturated heterocycles. The van der Waals surface area contributed by atoms with Gasteiger partial charge >= 0.3 is 0 Å². The van der Waals surface area contributed by atoms with E-state index in [2.05, 4.69) is 10.3 Å². The highest BCUT2D eigenvalue weighted by atomic mass is 16.2. The van der Waals surface area contributed by atoms with Crippen molar-refractivity contribution in [3.63, 3.8) is 0 Å². The molecule has 0 unspecified atom stereocenters. The number of hydrogen-bond donors (Lipinski definition) is 3. The average molecular weight is 335 g/mol. The van der Waals surface area contributed by atoms with Gasteiger partial charge in [-0.3, -0.25) is 9.59 Å². The molecule has 0 bridgehead atoms.